The molecule has 0 amide bonds. The van der Waals surface area contributed by atoms with Gasteiger partial charge in [0.15, 0.2) is 0 Å². The summed E-state index contributed by atoms with van der Waals surface area (Å²) < 4.78 is 5.05. The third-order valence-corrected chi connectivity index (χ3v) is 4.31. The molecule has 0 aliphatic carbocycles. The maximum atomic E-state index is 5.05. The zero-order valence-corrected chi connectivity index (χ0v) is 12.8. The van der Waals surface area contributed by atoms with E-state index in [1.807, 2.05) is 11.8 Å². The molecule has 0 bridgehead atoms. The Bertz CT molecular complexity index is 354. The first-order chi connectivity index (χ1) is 8.67. The predicted octanol–water partition coefficient (Wildman–Crippen LogP) is 3.62. The Morgan fingerprint density at radius 3 is 2.83 bits per heavy atom. The lowest BCUT2D eigenvalue weighted by atomic mass is 10.1. The summed E-state index contributed by atoms with van der Waals surface area (Å²) in [6, 6.07) is 6.73. The lowest BCUT2D eigenvalue weighted by Crippen LogP contribution is -2.19. The largest absolute Gasteiger partial charge is 0.383 e. The molecule has 0 aromatic heterocycles. The van der Waals surface area contributed by atoms with Gasteiger partial charge in [0.2, 0.25) is 0 Å². The van der Waals surface area contributed by atoms with Gasteiger partial charge in [0.1, 0.15) is 0 Å². The molecule has 0 aliphatic heterocycles. The van der Waals surface area contributed by atoms with Gasteiger partial charge < -0.3 is 10.1 Å². The average Bonchev–Trinajstić information content (AvgIpc) is 2.37. The highest BCUT2D eigenvalue weighted by Crippen LogP contribution is 2.29. The third kappa shape index (κ3) is 5.42. The Kier molecular flexibility index (Phi) is 7.40. The van der Waals surface area contributed by atoms with Crippen molar-refractivity contribution in [1.82, 2.24) is 5.32 Å². The topological polar surface area (TPSA) is 21.3 Å². The number of nitrogens with one attached hydrogen (secondary N) is 1. The van der Waals surface area contributed by atoms with Crippen LogP contribution in [0, 0.1) is 6.92 Å². The first kappa shape index (κ1) is 15.5. The molecule has 0 saturated heterocycles. The van der Waals surface area contributed by atoms with Crippen LogP contribution in [0.25, 0.3) is 0 Å². The Morgan fingerprint density at radius 1 is 1.39 bits per heavy atom. The second-order valence-corrected chi connectivity index (χ2v) is 6.10. The molecule has 102 valence electrons. The van der Waals surface area contributed by atoms with E-state index in [-0.39, 0.29) is 0 Å². The van der Waals surface area contributed by atoms with Crippen LogP contribution < -0.4 is 5.32 Å². The van der Waals surface area contributed by atoms with Gasteiger partial charge >= 0.3 is 0 Å². The van der Waals surface area contributed by atoms with Crippen molar-refractivity contribution in [2.45, 2.75) is 43.9 Å². The van der Waals surface area contributed by atoms with E-state index < -0.39 is 0 Å². The molecule has 1 N–H and O–H groups in total. The lowest BCUT2D eigenvalue weighted by molar-refractivity contribution is 0.199. The van der Waals surface area contributed by atoms with Gasteiger partial charge in [-0.15, -0.1) is 11.8 Å². The van der Waals surface area contributed by atoms with Crippen molar-refractivity contribution < 1.29 is 4.74 Å². The molecular weight excluding hydrogens is 242 g/mol. The SMILES string of the molecule is CCC(C)Sc1ccc(C)cc1CNCCOC. The fraction of sp³-hybridized carbons (Fsp3) is 0.600. The van der Waals surface area contributed by atoms with Crippen LogP contribution in [-0.4, -0.2) is 25.5 Å². The highest BCUT2D eigenvalue weighted by atomic mass is 32.2. The minimum atomic E-state index is 0.672. The Balaban J connectivity index is 2.64. The summed E-state index contributed by atoms with van der Waals surface area (Å²) in [6.45, 7) is 9.26. The second kappa shape index (κ2) is 8.57. The number of methoxy groups -OCH3 is 1. The number of thioether (sulfide) groups is 1. The van der Waals surface area contributed by atoms with E-state index in [9.17, 15) is 0 Å². The molecule has 0 fully saturated rings. The Morgan fingerprint density at radius 2 is 2.17 bits per heavy atom. The van der Waals surface area contributed by atoms with Crippen molar-refractivity contribution in [1.29, 1.82) is 0 Å². The van der Waals surface area contributed by atoms with Crippen LogP contribution in [0.4, 0.5) is 0 Å². The highest BCUT2D eigenvalue weighted by Gasteiger charge is 2.07. The molecule has 0 heterocycles. The summed E-state index contributed by atoms with van der Waals surface area (Å²) in [7, 11) is 1.73. The van der Waals surface area contributed by atoms with E-state index in [0.29, 0.717) is 5.25 Å². The van der Waals surface area contributed by atoms with Crippen molar-refractivity contribution in [3.63, 3.8) is 0 Å². The van der Waals surface area contributed by atoms with E-state index >= 15 is 0 Å². The average molecular weight is 267 g/mol. The fourth-order valence-corrected chi connectivity index (χ4v) is 2.69. The molecule has 0 aliphatic rings. The summed E-state index contributed by atoms with van der Waals surface area (Å²) >= 11 is 1.97. The van der Waals surface area contributed by atoms with Gasteiger partial charge in [-0.3, -0.25) is 0 Å². The van der Waals surface area contributed by atoms with Crippen LogP contribution in [0.2, 0.25) is 0 Å². The molecule has 0 radical (unpaired) electrons. The second-order valence-electron chi connectivity index (χ2n) is 4.62. The van der Waals surface area contributed by atoms with Crippen LogP contribution in [0.15, 0.2) is 23.1 Å². The van der Waals surface area contributed by atoms with Crippen molar-refractivity contribution in [2.24, 2.45) is 0 Å². The van der Waals surface area contributed by atoms with Crippen LogP contribution >= 0.6 is 11.8 Å². The maximum absolute atomic E-state index is 5.05. The number of aryl methyl sites for hydroxylation is 1. The highest BCUT2D eigenvalue weighted by molar-refractivity contribution is 8.00. The molecule has 1 unspecified atom stereocenters. The number of rotatable bonds is 8. The molecular formula is C15H25NOS. The molecule has 0 spiro atoms. The van der Waals surface area contributed by atoms with Crippen molar-refractivity contribution >= 4 is 11.8 Å². The monoisotopic (exact) mass is 267 g/mol. The van der Waals surface area contributed by atoms with Crippen molar-refractivity contribution in [3.05, 3.63) is 29.3 Å². The minimum absolute atomic E-state index is 0.672. The van der Waals surface area contributed by atoms with E-state index in [2.05, 4.69) is 44.3 Å². The molecule has 0 saturated carbocycles. The molecule has 1 aromatic carbocycles. The van der Waals surface area contributed by atoms with E-state index in [4.69, 9.17) is 4.74 Å². The first-order valence-electron chi connectivity index (χ1n) is 6.63. The van der Waals surface area contributed by atoms with E-state index in [1.165, 1.54) is 22.4 Å². The van der Waals surface area contributed by atoms with Crippen LogP contribution in [0.3, 0.4) is 0 Å². The van der Waals surface area contributed by atoms with Crippen molar-refractivity contribution in [2.75, 3.05) is 20.3 Å². The minimum Gasteiger partial charge on any atom is -0.383 e. The van der Waals surface area contributed by atoms with Crippen LogP contribution in [0.5, 0.6) is 0 Å². The standard InChI is InChI=1S/C15H25NOS/c1-5-13(3)18-15-7-6-12(2)10-14(15)11-16-8-9-17-4/h6-7,10,13,16H,5,8-9,11H2,1-4H3. The zero-order chi connectivity index (χ0) is 13.4. The van der Waals surface area contributed by atoms with Gasteiger partial charge in [0.05, 0.1) is 6.61 Å². The summed E-state index contributed by atoms with van der Waals surface area (Å²) in [6.07, 6.45) is 1.20. The van der Waals surface area contributed by atoms with E-state index in [0.717, 1.165) is 19.7 Å². The van der Waals surface area contributed by atoms with Gasteiger partial charge in [-0.1, -0.05) is 31.5 Å². The Labute approximate surface area is 116 Å². The molecule has 1 atom stereocenters. The van der Waals surface area contributed by atoms with Gasteiger partial charge in [-0.25, -0.2) is 0 Å². The summed E-state index contributed by atoms with van der Waals surface area (Å²) in [5.41, 5.74) is 2.73. The molecule has 2 nitrogen and oxygen atoms in total. The number of ether oxygens (including phenoxy) is 1. The van der Waals surface area contributed by atoms with E-state index in [1.54, 1.807) is 7.11 Å². The lowest BCUT2D eigenvalue weighted by Gasteiger charge is -2.14. The fourth-order valence-electron chi connectivity index (χ4n) is 1.66. The molecule has 1 rings (SSSR count). The summed E-state index contributed by atoms with van der Waals surface area (Å²) in [5.74, 6) is 0. The third-order valence-electron chi connectivity index (χ3n) is 2.92. The quantitative estimate of drug-likeness (QED) is 0.574. The number of hydrogen-bond donors (Lipinski definition) is 1. The number of hydrogen-bond acceptors (Lipinski definition) is 3. The van der Waals surface area contributed by atoms with Gasteiger partial charge in [0, 0.05) is 30.3 Å². The van der Waals surface area contributed by atoms with Crippen molar-refractivity contribution in [3.8, 4) is 0 Å². The van der Waals surface area contributed by atoms with Crippen LogP contribution in [-0.2, 0) is 11.3 Å². The predicted molar refractivity (Wildman–Crippen MR) is 80.4 cm³/mol. The smallest absolute Gasteiger partial charge is 0.0587 e. The zero-order valence-electron chi connectivity index (χ0n) is 12.0. The number of benzene rings is 1. The molecule has 3 heteroatoms. The van der Waals surface area contributed by atoms with Gasteiger partial charge in [-0.2, -0.15) is 0 Å². The summed E-state index contributed by atoms with van der Waals surface area (Å²) in [5, 5.41) is 4.09. The van der Waals surface area contributed by atoms with Crippen LogP contribution in [0.1, 0.15) is 31.4 Å². The summed E-state index contributed by atoms with van der Waals surface area (Å²) in [4.78, 5) is 1.40. The van der Waals surface area contributed by atoms with Gasteiger partial charge in [-0.05, 0) is 25.0 Å². The normalized spacial score (nSPS) is 12.7. The van der Waals surface area contributed by atoms with Gasteiger partial charge in [0.25, 0.3) is 0 Å². The maximum Gasteiger partial charge on any atom is 0.0587 e. The first-order valence-corrected chi connectivity index (χ1v) is 7.51. The Hall–Kier alpha value is -0.510. The molecule has 1 aromatic rings. The molecule has 18 heavy (non-hydrogen) atoms.